The van der Waals surface area contributed by atoms with Crippen molar-refractivity contribution >= 4 is 23.1 Å². The predicted molar refractivity (Wildman–Crippen MR) is 78.3 cm³/mol. The minimum atomic E-state index is -0.236. The van der Waals surface area contributed by atoms with Crippen LogP contribution >= 0.6 is 23.1 Å². The molecule has 0 spiro atoms. The van der Waals surface area contributed by atoms with Gasteiger partial charge in [-0.3, -0.25) is 0 Å². The highest BCUT2D eigenvalue weighted by molar-refractivity contribution is 8.01. The number of hydrogen-bond donors (Lipinski definition) is 2. The van der Waals surface area contributed by atoms with Gasteiger partial charge in [0.05, 0.1) is 6.61 Å². The standard InChI is InChI=1S/C12H23N3OS2/c1-8(2)13-12(5,7-16)6-9(3)17-11-15-14-10(4)18-11/h8-9,13,16H,6-7H2,1-5H3. The maximum atomic E-state index is 9.56. The zero-order valence-corrected chi connectivity index (χ0v) is 13.4. The molecule has 104 valence electrons. The first kappa shape index (κ1) is 15.9. The Kier molecular flexibility index (Phi) is 6.04. The van der Waals surface area contributed by atoms with Crippen LogP contribution in [0.3, 0.4) is 0 Å². The van der Waals surface area contributed by atoms with E-state index in [9.17, 15) is 5.11 Å². The lowest BCUT2D eigenvalue weighted by molar-refractivity contribution is 0.157. The van der Waals surface area contributed by atoms with E-state index >= 15 is 0 Å². The van der Waals surface area contributed by atoms with Crippen LogP contribution in [0.15, 0.2) is 4.34 Å². The summed E-state index contributed by atoms with van der Waals surface area (Å²) in [7, 11) is 0. The van der Waals surface area contributed by atoms with Crippen LogP contribution < -0.4 is 5.32 Å². The largest absolute Gasteiger partial charge is 0.394 e. The number of aliphatic hydroxyl groups is 1. The third kappa shape index (κ3) is 5.22. The maximum absolute atomic E-state index is 9.56. The van der Waals surface area contributed by atoms with Crippen molar-refractivity contribution in [2.45, 2.75) is 62.2 Å². The summed E-state index contributed by atoms with van der Waals surface area (Å²) >= 11 is 3.35. The molecule has 18 heavy (non-hydrogen) atoms. The highest BCUT2D eigenvalue weighted by atomic mass is 32.2. The van der Waals surface area contributed by atoms with E-state index in [0.29, 0.717) is 11.3 Å². The van der Waals surface area contributed by atoms with Gasteiger partial charge in [0.2, 0.25) is 0 Å². The summed E-state index contributed by atoms with van der Waals surface area (Å²) in [6.07, 6.45) is 0.894. The zero-order chi connectivity index (χ0) is 13.8. The number of nitrogens with zero attached hydrogens (tertiary/aromatic N) is 2. The molecule has 0 aliphatic carbocycles. The van der Waals surface area contributed by atoms with E-state index in [1.165, 1.54) is 0 Å². The van der Waals surface area contributed by atoms with Gasteiger partial charge in [0.1, 0.15) is 5.01 Å². The monoisotopic (exact) mass is 289 g/mol. The van der Waals surface area contributed by atoms with E-state index in [4.69, 9.17) is 0 Å². The highest BCUT2D eigenvalue weighted by Gasteiger charge is 2.27. The Hall–Kier alpha value is -0.170. The second kappa shape index (κ2) is 6.84. The molecule has 0 aliphatic heterocycles. The first-order valence-corrected chi connectivity index (χ1v) is 7.89. The van der Waals surface area contributed by atoms with Crippen molar-refractivity contribution in [1.29, 1.82) is 0 Å². The molecule has 6 heteroatoms. The molecule has 0 saturated heterocycles. The topological polar surface area (TPSA) is 58.0 Å². The van der Waals surface area contributed by atoms with E-state index in [0.717, 1.165) is 15.8 Å². The second-order valence-electron chi connectivity index (χ2n) is 5.24. The number of aromatic nitrogens is 2. The van der Waals surface area contributed by atoms with E-state index in [2.05, 4.69) is 43.2 Å². The summed E-state index contributed by atoms with van der Waals surface area (Å²) in [4.78, 5) is 0. The van der Waals surface area contributed by atoms with Crippen molar-refractivity contribution in [3.63, 3.8) is 0 Å². The third-order valence-electron chi connectivity index (χ3n) is 2.53. The molecule has 0 amide bonds. The smallest absolute Gasteiger partial charge is 0.174 e. The molecule has 0 radical (unpaired) electrons. The van der Waals surface area contributed by atoms with Gasteiger partial charge in [-0.1, -0.05) is 43.9 Å². The molecule has 2 atom stereocenters. The Bertz CT molecular complexity index is 370. The van der Waals surface area contributed by atoms with Crippen LogP contribution in [0.2, 0.25) is 0 Å². The van der Waals surface area contributed by atoms with Crippen molar-refractivity contribution in [3.05, 3.63) is 5.01 Å². The minimum Gasteiger partial charge on any atom is -0.394 e. The van der Waals surface area contributed by atoms with E-state index < -0.39 is 0 Å². The summed E-state index contributed by atoms with van der Waals surface area (Å²) in [5.74, 6) is 0. The molecule has 1 aromatic heterocycles. The average Bonchev–Trinajstić information content (AvgIpc) is 2.62. The zero-order valence-electron chi connectivity index (χ0n) is 11.7. The van der Waals surface area contributed by atoms with Crippen LogP contribution in [0, 0.1) is 6.92 Å². The Balaban J connectivity index is 2.53. The number of thioether (sulfide) groups is 1. The number of nitrogens with one attached hydrogen (secondary N) is 1. The predicted octanol–water partition coefficient (Wildman–Crippen LogP) is 2.47. The van der Waals surface area contributed by atoms with Crippen LogP contribution in [-0.4, -0.2) is 38.7 Å². The van der Waals surface area contributed by atoms with E-state index in [1.807, 2.05) is 6.92 Å². The Morgan fingerprint density at radius 2 is 2.06 bits per heavy atom. The number of rotatable bonds is 7. The lowest BCUT2D eigenvalue weighted by Crippen LogP contribution is -2.50. The van der Waals surface area contributed by atoms with Crippen LogP contribution in [0.4, 0.5) is 0 Å². The van der Waals surface area contributed by atoms with Crippen LogP contribution in [0.25, 0.3) is 0 Å². The molecule has 4 nitrogen and oxygen atoms in total. The molecule has 1 heterocycles. The van der Waals surface area contributed by atoms with Crippen molar-refractivity contribution in [2.24, 2.45) is 0 Å². The van der Waals surface area contributed by atoms with Gasteiger partial charge >= 0.3 is 0 Å². The van der Waals surface area contributed by atoms with Crippen molar-refractivity contribution in [1.82, 2.24) is 15.5 Å². The summed E-state index contributed by atoms with van der Waals surface area (Å²) in [5.41, 5.74) is -0.236. The number of hydrogen-bond acceptors (Lipinski definition) is 6. The van der Waals surface area contributed by atoms with Gasteiger partial charge in [-0.15, -0.1) is 10.2 Å². The Morgan fingerprint density at radius 1 is 1.39 bits per heavy atom. The van der Waals surface area contributed by atoms with E-state index in [-0.39, 0.29) is 12.1 Å². The first-order chi connectivity index (χ1) is 8.34. The van der Waals surface area contributed by atoms with Crippen molar-refractivity contribution in [3.8, 4) is 0 Å². The quantitative estimate of drug-likeness (QED) is 0.755. The minimum absolute atomic E-state index is 0.144. The highest BCUT2D eigenvalue weighted by Crippen LogP contribution is 2.30. The molecule has 0 fully saturated rings. The molecule has 1 aromatic rings. The first-order valence-electron chi connectivity index (χ1n) is 6.20. The fourth-order valence-electron chi connectivity index (χ4n) is 2.04. The van der Waals surface area contributed by atoms with Gasteiger partial charge in [0.15, 0.2) is 4.34 Å². The van der Waals surface area contributed by atoms with Crippen molar-refractivity contribution < 1.29 is 5.11 Å². The SMILES string of the molecule is Cc1nnc(SC(C)CC(C)(CO)NC(C)C)s1. The van der Waals surface area contributed by atoms with Gasteiger partial charge in [-0.2, -0.15) is 0 Å². The summed E-state index contributed by atoms with van der Waals surface area (Å²) in [5, 5.41) is 22.5. The molecular weight excluding hydrogens is 266 g/mol. The Labute approximate surface area is 118 Å². The van der Waals surface area contributed by atoms with Crippen molar-refractivity contribution in [2.75, 3.05) is 6.61 Å². The number of aryl methyl sites for hydroxylation is 1. The lowest BCUT2D eigenvalue weighted by Gasteiger charge is -2.33. The number of aliphatic hydroxyl groups excluding tert-OH is 1. The van der Waals surface area contributed by atoms with E-state index in [1.54, 1.807) is 23.1 Å². The maximum Gasteiger partial charge on any atom is 0.174 e. The average molecular weight is 289 g/mol. The van der Waals surface area contributed by atoms with Crippen LogP contribution in [-0.2, 0) is 0 Å². The normalized spacial score (nSPS) is 16.8. The van der Waals surface area contributed by atoms with Gasteiger partial charge in [-0.25, -0.2) is 0 Å². The summed E-state index contributed by atoms with van der Waals surface area (Å²) in [6.45, 7) is 10.5. The molecule has 0 saturated carbocycles. The molecule has 0 aromatic carbocycles. The molecule has 2 N–H and O–H groups in total. The Morgan fingerprint density at radius 3 is 2.50 bits per heavy atom. The molecule has 2 unspecified atom stereocenters. The molecular formula is C12H23N3OS2. The van der Waals surface area contributed by atoms with Gasteiger partial charge in [0.25, 0.3) is 0 Å². The fraction of sp³-hybridized carbons (Fsp3) is 0.833. The molecule has 1 rings (SSSR count). The summed E-state index contributed by atoms with van der Waals surface area (Å²) < 4.78 is 1.00. The molecule has 0 aliphatic rings. The fourth-order valence-corrected chi connectivity index (χ4v) is 4.39. The lowest BCUT2D eigenvalue weighted by atomic mass is 9.96. The van der Waals surface area contributed by atoms with Gasteiger partial charge in [0, 0.05) is 16.8 Å². The summed E-state index contributed by atoms with van der Waals surface area (Å²) in [6, 6.07) is 0.364. The van der Waals surface area contributed by atoms with Gasteiger partial charge in [-0.05, 0) is 20.3 Å². The second-order valence-corrected chi connectivity index (χ2v) is 8.10. The van der Waals surface area contributed by atoms with Crippen LogP contribution in [0.1, 0.15) is 39.1 Å². The van der Waals surface area contributed by atoms with Gasteiger partial charge < -0.3 is 10.4 Å². The molecule has 0 bridgehead atoms. The third-order valence-corrected chi connectivity index (χ3v) is 4.56. The van der Waals surface area contributed by atoms with Crippen LogP contribution in [0.5, 0.6) is 0 Å².